The van der Waals surface area contributed by atoms with Crippen molar-refractivity contribution in [1.29, 1.82) is 0 Å². The molecule has 4 heteroatoms. The molecule has 2 rings (SSSR count). The standard InChI is InChI=1S/C11H14ClNO2/c1-8-4-9(2-3-11(8)12)5-13-6-10(14)7-15-13/h2-4,10,14H,5-7H2,1H3/t10-/m0/s1. The van der Waals surface area contributed by atoms with Gasteiger partial charge in [-0.1, -0.05) is 23.7 Å². The molecule has 1 aliphatic heterocycles. The first-order valence-corrected chi connectivity index (χ1v) is 5.34. The molecule has 0 spiro atoms. The number of hydrogen-bond donors (Lipinski definition) is 1. The van der Waals surface area contributed by atoms with Crippen molar-refractivity contribution >= 4 is 11.6 Å². The molecular formula is C11H14ClNO2. The van der Waals surface area contributed by atoms with Crippen molar-refractivity contribution < 1.29 is 9.94 Å². The van der Waals surface area contributed by atoms with Gasteiger partial charge in [0, 0.05) is 11.6 Å². The normalized spacial score (nSPS) is 22.2. The molecule has 1 atom stereocenters. The summed E-state index contributed by atoms with van der Waals surface area (Å²) in [5.41, 5.74) is 2.21. The van der Waals surface area contributed by atoms with E-state index < -0.39 is 0 Å². The van der Waals surface area contributed by atoms with Crippen LogP contribution in [0, 0.1) is 6.92 Å². The van der Waals surface area contributed by atoms with Gasteiger partial charge in [0.15, 0.2) is 0 Å². The minimum Gasteiger partial charge on any atom is -0.389 e. The van der Waals surface area contributed by atoms with Gasteiger partial charge in [-0.2, -0.15) is 5.06 Å². The highest BCUT2D eigenvalue weighted by Crippen LogP contribution is 2.18. The number of hydroxylamine groups is 2. The van der Waals surface area contributed by atoms with Crippen LogP contribution in [0.25, 0.3) is 0 Å². The van der Waals surface area contributed by atoms with Gasteiger partial charge in [-0.05, 0) is 24.1 Å². The highest BCUT2D eigenvalue weighted by atomic mass is 35.5. The molecule has 0 bridgehead atoms. The van der Waals surface area contributed by atoms with Gasteiger partial charge >= 0.3 is 0 Å². The molecule has 15 heavy (non-hydrogen) atoms. The first kappa shape index (κ1) is 10.9. The molecule has 0 unspecified atom stereocenters. The summed E-state index contributed by atoms with van der Waals surface area (Å²) < 4.78 is 0. The average molecular weight is 228 g/mol. The van der Waals surface area contributed by atoms with Crippen LogP contribution in [0.1, 0.15) is 11.1 Å². The quantitative estimate of drug-likeness (QED) is 0.836. The van der Waals surface area contributed by atoms with E-state index in [0.29, 0.717) is 19.7 Å². The predicted molar refractivity (Wildman–Crippen MR) is 58.6 cm³/mol. The number of halogens is 1. The maximum absolute atomic E-state index is 9.29. The largest absolute Gasteiger partial charge is 0.389 e. The van der Waals surface area contributed by atoms with Gasteiger partial charge in [0.25, 0.3) is 0 Å². The van der Waals surface area contributed by atoms with Crippen LogP contribution in [0.5, 0.6) is 0 Å². The third-order valence-electron chi connectivity index (χ3n) is 2.45. The van der Waals surface area contributed by atoms with E-state index in [2.05, 4.69) is 0 Å². The maximum atomic E-state index is 9.29. The summed E-state index contributed by atoms with van der Waals surface area (Å²) in [6.45, 7) is 3.63. The van der Waals surface area contributed by atoms with Crippen molar-refractivity contribution in [2.24, 2.45) is 0 Å². The number of benzene rings is 1. The number of aryl methyl sites for hydroxylation is 1. The van der Waals surface area contributed by atoms with Crippen molar-refractivity contribution in [2.75, 3.05) is 13.2 Å². The number of aliphatic hydroxyl groups is 1. The molecule has 3 nitrogen and oxygen atoms in total. The van der Waals surface area contributed by atoms with Gasteiger partial charge < -0.3 is 5.11 Å². The summed E-state index contributed by atoms with van der Waals surface area (Å²) in [5.74, 6) is 0. The summed E-state index contributed by atoms with van der Waals surface area (Å²) in [6, 6.07) is 5.90. The van der Waals surface area contributed by atoms with Gasteiger partial charge in [-0.25, -0.2) is 0 Å². The van der Waals surface area contributed by atoms with Crippen molar-refractivity contribution in [1.82, 2.24) is 5.06 Å². The van der Waals surface area contributed by atoms with Crippen LogP contribution in [0.4, 0.5) is 0 Å². The molecule has 1 aromatic carbocycles. The summed E-state index contributed by atoms with van der Waals surface area (Å²) in [7, 11) is 0. The number of hydrogen-bond acceptors (Lipinski definition) is 3. The lowest BCUT2D eigenvalue weighted by molar-refractivity contribution is -0.117. The van der Waals surface area contributed by atoms with E-state index in [1.54, 1.807) is 5.06 Å². The Morgan fingerprint density at radius 3 is 3.00 bits per heavy atom. The topological polar surface area (TPSA) is 32.7 Å². The monoisotopic (exact) mass is 227 g/mol. The number of rotatable bonds is 2. The van der Waals surface area contributed by atoms with Gasteiger partial charge in [-0.15, -0.1) is 0 Å². The molecule has 1 N–H and O–H groups in total. The minimum absolute atomic E-state index is 0.363. The molecule has 82 valence electrons. The van der Waals surface area contributed by atoms with E-state index in [1.807, 2.05) is 25.1 Å². The Bertz CT molecular complexity index is 356. The number of β-amino-alcohol motifs (C(OH)–C–C–N with tert-alkyl or cyclic N) is 1. The lowest BCUT2D eigenvalue weighted by Gasteiger charge is -2.13. The van der Waals surface area contributed by atoms with E-state index in [9.17, 15) is 5.11 Å². The van der Waals surface area contributed by atoms with Crippen molar-refractivity contribution in [3.8, 4) is 0 Å². The third kappa shape index (κ3) is 2.69. The number of nitrogens with zero attached hydrogens (tertiary/aromatic N) is 1. The lowest BCUT2D eigenvalue weighted by atomic mass is 10.1. The Morgan fingerprint density at radius 2 is 2.40 bits per heavy atom. The molecule has 0 saturated carbocycles. The smallest absolute Gasteiger partial charge is 0.0958 e. The van der Waals surface area contributed by atoms with Crippen molar-refractivity contribution in [3.63, 3.8) is 0 Å². The summed E-state index contributed by atoms with van der Waals surface area (Å²) >= 11 is 5.94. The third-order valence-corrected chi connectivity index (χ3v) is 2.87. The van der Waals surface area contributed by atoms with Crippen LogP contribution < -0.4 is 0 Å². The predicted octanol–water partition coefficient (Wildman–Crippen LogP) is 1.76. The average Bonchev–Trinajstić information content (AvgIpc) is 2.58. The maximum Gasteiger partial charge on any atom is 0.0958 e. The molecule has 0 amide bonds. The molecule has 0 radical (unpaired) electrons. The summed E-state index contributed by atoms with van der Waals surface area (Å²) in [5, 5.41) is 11.8. The van der Waals surface area contributed by atoms with E-state index in [-0.39, 0.29) is 6.10 Å². The molecule has 1 aromatic rings. The van der Waals surface area contributed by atoms with Gasteiger partial charge in [0.2, 0.25) is 0 Å². The molecular weight excluding hydrogens is 214 g/mol. The second-order valence-electron chi connectivity index (χ2n) is 3.86. The van der Waals surface area contributed by atoms with Crippen LogP contribution in [0.15, 0.2) is 18.2 Å². The Kier molecular flexibility index (Phi) is 3.26. The van der Waals surface area contributed by atoms with Crippen molar-refractivity contribution in [3.05, 3.63) is 34.3 Å². The van der Waals surface area contributed by atoms with Crippen LogP contribution in [-0.2, 0) is 11.4 Å². The van der Waals surface area contributed by atoms with Crippen LogP contribution in [-0.4, -0.2) is 29.4 Å². The lowest BCUT2D eigenvalue weighted by Crippen LogP contribution is -2.20. The van der Waals surface area contributed by atoms with Crippen LogP contribution >= 0.6 is 11.6 Å². The van der Waals surface area contributed by atoms with Crippen molar-refractivity contribution in [2.45, 2.75) is 19.6 Å². The SMILES string of the molecule is Cc1cc(CN2C[C@H](O)CO2)ccc1Cl. The zero-order chi connectivity index (χ0) is 10.8. The van der Waals surface area contributed by atoms with Crippen LogP contribution in [0.3, 0.4) is 0 Å². The number of aliphatic hydroxyl groups excluding tert-OH is 1. The van der Waals surface area contributed by atoms with Gasteiger partial charge in [-0.3, -0.25) is 4.84 Å². The molecule has 0 aromatic heterocycles. The fourth-order valence-corrected chi connectivity index (χ4v) is 1.77. The fourth-order valence-electron chi connectivity index (χ4n) is 1.65. The summed E-state index contributed by atoms with van der Waals surface area (Å²) in [4.78, 5) is 5.29. The van der Waals surface area contributed by atoms with E-state index in [0.717, 1.165) is 16.1 Å². The first-order valence-electron chi connectivity index (χ1n) is 4.96. The molecule has 1 heterocycles. The molecule has 1 saturated heterocycles. The van der Waals surface area contributed by atoms with E-state index in [1.165, 1.54) is 0 Å². The van der Waals surface area contributed by atoms with E-state index in [4.69, 9.17) is 16.4 Å². The Hall–Kier alpha value is -0.610. The minimum atomic E-state index is -0.363. The van der Waals surface area contributed by atoms with E-state index >= 15 is 0 Å². The van der Waals surface area contributed by atoms with Gasteiger partial charge in [0.1, 0.15) is 0 Å². The molecule has 0 aliphatic carbocycles. The second kappa shape index (κ2) is 4.49. The summed E-state index contributed by atoms with van der Waals surface area (Å²) in [6.07, 6.45) is -0.363. The Balaban J connectivity index is 2.02. The zero-order valence-electron chi connectivity index (χ0n) is 8.61. The second-order valence-corrected chi connectivity index (χ2v) is 4.26. The highest BCUT2D eigenvalue weighted by molar-refractivity contribution is 6.31. The molecule has 1 fully saturated rings. The van der Waals surface area contributed by atoms with Gasteiger partial charge in [0.05, 0.1) is 19.3 Å². The fraction of sp³-hybridized carbons (Fsp3) is 0.455. The Labute approximate surface area is 94.2 Å². The zero-order valence-corrected chi connectivity index (χ0v) is 9.37. The Morgan fingerprint density at radius 1 is 1.60 bits per heavy atom. The van der Waals surface area contributed by atoms with Crippen LogP contribution in [0.2, 0.25) is 5.02 Å². The molecule has 1 aliphatic rings. The first-order chi connectivity index (χ1) is 7.15. The highest BCUT2D eigenvalue weighted by Gasteiger charge is 2.21.